The average Bonchev–Trinajstić information content (AvgIpc) is 3.15. The minimum absolute atomic E-state index is 0.0448. The van der Waals surface area contributed by atoms with Gasteiger partial charge in [-0.15, -0.1) is 0 Å². The third-order valence-corrected chi connectivity index (χ3v) is 8.11. The van der Waals surface area contributed by atoms with E-state index >= 15 is 0 Å². The predicted molar refractivity (Wildman–Crippen MR) is 205 cm³/mol. The maximum absolute atomic E-state index is 13.6. The van der Waals surface area contributed by atoms with Gasteiger partial charge in [0.05, 0.1) is 25.8 Å². The van der Waals surface area contributed by atoms with Gasteiger partial charge in [0.1, 0.15) is 36.3 Å². The molecule has 1 aromatic rings. The Morgan fingerprint density at radius 1 is 0.667 bits per heavy atom. The minimum atomic E-state index is -1.67. The molecule has 0 fully saturated rings. The van der Waals surface area contributed by atoms with Gasteiger partial charge in [-0.1, -0.05) is 44.2 Å². The van der Waals surface area contributed by atoms with E-state index in [-0.39, 0.29) is 44.1 Å². The molecule has 318 valence electrons. The van der Waals surface area contributed by atoms with Crippen LogP contribution in [0.5, 0.6) is 0 Å². The molecule has 7 amide bonds. The van der Waals surface area contributed by atoms with Crippen molar-refractivity contribution in [1.29, 1.82) is 0 Å². The van der Waals surface area contributed by atoms with Crippen molar-refractivity contribution in [3.8, 4) is 0 Å². The number of benzene rings is 1. The second kappa shape index (κ2) is 25.3. The van der Waals surface area contributed by atoms with Crippen molar-refractivity contribution in [1.82, 2.24) is 37.2 Å². The van der Waals surface area contributed by atoms with Crippen molar-refractivity contribution in [2.75, 3.05) is 26.3 Å². The molecular weight excluding hydrogens is 750 g/mol. The first kappa shape index (κ1) is 49.1. The molecule has 0 aromatic heterocycles. The summed E-state index contributed by atoms with van der Waals surface area (Å²) < 4.78 is 0. The van der Waals surface area contributed by atoms with Gasteiger partial charge in [0, 0.05) is 6.54 Å². The fourth-order valence-corrected chi connectivity index (χ4v) is 4.97. The van der Waals surface area contributed by atoms with E-state index in [9.17, 15) is 48.6 Å². The van der Waals surface area contributed by atoms with Crippen LogP contribution < -0.4 is 54.4 Å². The largest absolute Gasteiger partial charge is 0.480 e. The lowest BCUT2D eigenvalue weighted by Gasteiger charge is -2.26. The first-order valence-electron chi connectivity index (χ1n) is 18.2. The van der Waals surface area contributed by atoms with Crippen molar-refractivity contribution in [3.63, 3.8) is 0 Å². The van der Waals surface area contributed by atoms with Gasteiger partial charge in [-0.3, -0.25) is 43.3 Å². The molecule has 22 heteroatoms. The molecule has 0 radical (unpaired) electrons. The van der Waals surface area contributed by atoms with E-state index in [2.05, 4.69) is 42.2 Å². The van der Waals surface area contributed by atoms with E-state index in [1.165, 1.54) is 13.8 Å². The van der Waals surface area contributed by atoms with Gasteiger partial charge in [-0.2, -0.15) is 0 Å². The Balaban J connectivity index is 3.03. The number of carbonyl (C=O) groups is 8. The molecule has 0 aliphatic rings. The van der Waals surface area contributed by atoms with Crippen molar-refractivity contribution >= 4 is 53.3 Å². The van der Waals surface area contributed by atoms with Crippen LogP contribution in [0.1, 0.15) is 52.5 Å². The van der Waals surface area contributed by atoms with Gasteiger partial charge in [-0.25, -0.2) is 0 Å². The monoisotopic (exact) mass is 807 g/mol. The van der Waals surface area contributed by atoms with Crippen LogP contribution in [0.15, 0.2) is 35.3 Å². The first-order chi connectivity index (χ1) is 26.8. The molecule has 0 heterocycles. The van der Waals surface area contributed by atoms with Crippen LogP contribution in [-0.2, 0) is 44.8 Å². The number of aliphatic hydroxyl groups excluding tert-OH is 2. The summed E-state index contributed by atoms with van der Waals surface area (Å²) in [5.41, 5.74) is 17.5. The molecule has 0 aliphatic carbocycles. The zero-order chi connectivity index (χ0) is 43.2. The maximum atomic E-state index is 13.6. The van der Waals surface area contributed by atoms with Crippen molar-refractivity contribution in [3.05, 3.63) is 35.9 Å². The van der Waals surface area contributed by atoms with Gasteiger partial charge in [0.15, 0.2) is 5.96 Å². The highest BCUT2D eigenvalue weighted by Crippen LogP contribution is 2.08. The number of hydrogen-bond donors (Lipinski definition) is 13. The van der Waals surface area contributed by atoms with Crippen LogP contribution >= 0.6 is 0 Å². The Morgan fingerprint density at radius 3 is 1.72 bits per heavy atom. The zero-order valence-electron chi connectivity index (χ0n) is 32.4. The smallest absolute Gasteiger partial charge is 0.325 e. The van der Waals surface area contributed by atoms with Crippen molar-refractivity contribution in [2.45, 2.75) is 95.7 Å². The summed E-state index contributed by atoms with van der Waals surface area (Å²) in [4.78, 5) is 105. The topological polar surface area (TPSA) is 372 Å². The molecular formula is C35H57N11O11. The van der Waals surface area contributed by atoms with Gasteiger partial charge in [-0.05, 0) is 51.0 Å². The molecule has 22 nitrogen and oxygen atoms in total. The van der Waals surface area contributed by atoms with E-state index < -0.39 is 109 Å². The number of carboxylic acid groups (broad SMARTS) is 1. The number of amides is 7. The van der Waals surface area contributed by atoms with Crippen LogP contribution in [0.3, 0.4) is 0 Å². The van der Waals surface area contributed by atoms with E-state index in [1.54, 1.807) is 44.2 Å². The second-order valence-corrected chi connectivity index (χ2v) is 13.6. The molecule has 0 saturated carbocycles. The highest BCUT2D eigenvalue weighted by atomic mass is 16.4. The fourth-order valence-electron chi connectivity index (χ4n) is 4.97. The summed E-state index contributed by atoms with van der Waals surface area (Å²) in [7, 11) is 0. The number of aliphatic imine (C=N–C) groups is 1. The summed E-state index contributed by atoms with van der Waals surface area (Å²) in [6, 6.07) is -0.448. The van der Waals surface area contributed by atoms with Gasteiger partial charge in [0.25, 0.3) is 0 Å². The molecule has 0 saturated heterocycles. The standard InChI is InChI=1S/C35H57N11O11/c1-18(2)13-24(30(52)40-15-27(49)41-19(3)28(50)42-20(4)34(56)57)44-31(53)23(11-8-12-39-35(37)38)43-32(54)26(17-48)46-33(55)25(16-47)45-29(51)22(36)14-21-9-6-5-7-10-21/h5-7,9-10,18-20,22-26,47-48H,8,11-17,36H2,1-4H3,(H,40,52)(H,41,49)(H,42,50)(H,43,54)(H,44,53)(H,45,51)(H,46,55)(H,56,57)(H4,37,38,39). The predicted octanol–water partition coefficient (Wildman–Crippen LogP) is -5.21. The summed E-state index contributed by atoms with van der Waals surface area (Å²) in [6.45, 7) is 3.67. The lowest BCUT2D eigenvalue weighted by atomic mass is 10.0. The van der Waals surface area contributed by atoms with E-state index in [4.69, 9.17) is 22.3 Å². The lowest BCUT2D eigenvalue weighted by molar-refractivity contribution is -0.141. The molecule has 7 atom stereocenters. The van der Waals surface area contributed by atoms with E-state index in [0.29, 0.717) is 0 Å². The van der Waals surface area contributed by atoms with Crippen LogP contribution in [0, 0.1) is 5.92 Å². The first-order valence-corrected chi connectivity index (χ1v) is 18.2. The van der Waals surface area contributed by atoms with Gasteiger partial charge >= 0.3 is 5.97 Å². The molecule has 16 N–H and O–H groups in total. The number of hydrogen-bond acceptors (Lipinski definition) is 12. The SMILES string of the molecule is CC(C)CC(NC(=O)C(CCCN=C(N)N)NC(=O)C(CO)NC(=O)C(CO)NC(=O)C(N)Cc1ccccc1)C(=O)NCC(=O)NC(C)C(=O)NC(C)C(=O)O. The molecule has 1 aromatic carbocycles. The normalized spacial score (nSPS) is 14.5. The molecule has 7 unspecified atom stereocenters. The van der Waals surface area contributed by atoms with Gasteiger partial charge in [0.2, 0.25) is 41.4 Å². The summed E-state index contributed by atoms with van der Waals surface area (Å²) >= 11 is 0. The Bertz CT molecular complexity index is 1560. The number of nitrogens with two attached hydrogens (primary N) is 3. The summed E-state index contributed by atoms with van der Waals surface area (Å²) in [6.07, 6.45) is 0.269. The third-order valence-electron chi connectivity index (χ3n) is 8.11. The summed E-state index contributed by atoms with van der Waals surface area (Å²) in [5, 5.41) is 45.2. The van der Waals surface area contributed by atoms with E-state index in [0.717, 1.165) is 5.56 Å². The minimum Gasteiger partial charge on any atom is -0.480 e. The van der Waals surface area contributed by atoms with Crippen molar-refractivity contribution < 1.29 is 53.7 Å². The van der Waals surface area contributed by atoms with Crippen LogP contribution in [-0.4, -0.2) is 137 Å². The van der Waals surface area contributed by atoms with Crippen LogP contribution in [0.2, 0.25) is 0 Å². The number of aliphatic carboxylic acids is 1. The molecule has 0 bridgehead atoms. The number of nitrogens with zero attached hydrogens (tertiary/aromatic N) is 1. The number of rotatable bonds is 25. The quantitative estimate of drug-likeness (QED) is 0.0250. The average molecular weight is 808 g/mol. The third kappa shape index (κ3) is 19.0. The number of carbonyl (C=O) groups excluding carboxylic acids is 7. The molecule has 57 heavy (non-hydrogen) atoms. The fraction of sp³-hybridized carbons (Fsp3) is 0.571. The van der Waals surface area contributed by atoms with Crippen LogP contribution in [0.4, 0.5) is 0 Å². The Kier molecular flexibility index (Phi) is 21.8. The number of guanidine groups is 1. The van der Waals surface area contributed by atoms with E-state index in [1.807, 2.05) is 0 Å². The molecule has 0 spiro atoms. The zero-order valence-corrected chi connectivity index (χ0v) is 32.4. The molecule has 1 rings (SSSR count). The Morgan fingerprint density at radius 2 is 1.19 bits per heavy atom. The lowest BCUT2D eigenvalue weighted by Crippen LogP contribution is -2.60. The molecule has 0 aliphatic heterocycles. The Labute approximate surface area is 329 Å². The number of nitrogens with one attached hydrogen (secondary N) is 7. The maximum Gasteiger partial charge on any atom is 0.325 e. The highest BCUT2D eigenvalue weighted by molar-refractivity contribution is 5.97. The second-order valence-electron chi connectivity index (χ2n) is 13.6. The number of aliphatic hydroxyl groups is 2. The van der Waals surface area contributed by atoms with Crippen molar-refractivity contribution in [2.24, 2.45) is 28.1 Å². The highest BCUT2D eigenvalue weighted by Gasteiger charge is 2.32. The van der Waals surface area contributed by atoms with Gasteiger partial charge < -0.3 is 69.7 Å². The summed E-state index contributed by atoms with van der Waals surface area (Å²) in [5.74, 6) is -7.70. The Hall–Kier alpha value is -5.87. The number of carboxylic acids is 1. The van der Waals surface area contributed by atoms with Crippen LogP contribution in [0.25, 0.3) is 0 Å².